The number of carbonyl (C=O) groups excluding carboxylic acids is 13. The van der Waals surface area contributed by atoms with Crippen molar-refractivity contribution < 1.29 is 87.2 Å². The normalized spacial score (nSPS) is 20.5. The number of carboxylic acids is 2. The number of aliphatic hydroxyl groups is 1. The van der Waals surface area contributed by atoms with E-state index in [9.17, 15) is 82.4 Å². The maximum absolute atomic E-state index is 15.0. The molecule has 1 unspecified atom stereocenters. The molecule has 3 aromatic carbocycles. The van der Waals surface area contributed by atoms with Crippen molar-refractivity contribution in [3.05, 3.63) is 107 Å². The lowest BCUT2D eigenvalue weighted by molar-refractivity contribution is -0.148. The highest BCUT2D eigenvalue weighted by atomic mass is 32.2. The summed E-state index contributed by atoms with van der Waals surface area (Å²) in [7, 11) is 0. The van der Waals surface area contributed by atoms with Crippen molar-refractivity contribution in [2.24, 2.45) is 11.5 Å². The molecule has 6 fully saturated rings. The summed E-state index contributed by atoms with van der Waals surface area (Å²) in [5.41, 5.74) is 13.2. The molecule has 6 aliphatic heterocycles. The number of carboxylic acid groups (broad SMARTS) is 2. The molecule has 6 saturated heterocycles. The van der Waals surface area contributed by atoms with Gasteiger partial charge in [0.1, 0.15) is 60.4 Å². The molecular weight excluding hydrogens is 1600 g/mol. The Morgan fingerprint density at radius 2 is 1.05 bits per heavy atom. The highest BCUT2D eigenvalue weighted by Crippen LogP contribution is 2.34. The molecule has 14 amide bonds. The Labute approximate surface area is 710 Å². The zero-order chi connectivity index (χ0) is 87.8. The zero-order valence-electron chi connectivity index (χ0n) is 68.0. The minimum atomic E-state index is -1.66. The van der Waals surface area contributed by atoms with Crippen molar-refractivity contribution in [2.75, 3.05) is 64.7 Å². The Kier molecular flexibility index (Phi) is 36.3. The molecule has 23 N–H and O–H groups in total. The summed E-state index contributed by atoms with van der Waals surface area (Å²) in [5, 5.41) is 83.7. The molecule has 0 spiro atoms. The minimum absolute atomic E-state index is 0.00242. The van der Waals surface area contributed by atoms with E-state index in [1.54, 1.807) is 96.7 Å². The molecule has 0 aromatic heterocycles. The van der Waals surface area contributed by atoms with E-state index in [1.165, 1.54) is 9.80 Å². The van der Waals surface area contributed by atoms with Crippen molar-refractivity contribution in [2.45, 2.75) is 219 Å². The average molecular weight is 1710 g/mol. The van der Waals surface area contributed by atoms with Crippen molar-refractivity contribution >= 4 is 113 Å². The molecule has 0 radical (unpaired) electrons. The maximum Gasteiger partial charge on any atom is 0.326 e. The number of aliphatic carboxylic acids is 2. The third-order valence-corrected chi connectivity index (χ3v) is 23.6. The van der Waals surface area contributed by atoms with Gasteiger partial charge in [0.05, 0.1) is 37.8 Å². The van der Waals surface area contributed by atoms with Crippen LogP contribution in [0.3, 0.4) is 0 Å². The summed E-state index contributed by atoms with van der Waals surface area (Å²) in [5.74, 6) is -4.86. The monoisotopic (exact) mass is 1710 g/mol. The van der Waals surface area contributed by atoms with Crippen LogP contribution in [-0.2, 0) is 86.4 Å². The number of aliphatic hydroxyl groups excluding tert-OH is 1. The van der Waals surface area contributed by atoms with Gasteiger partial charge in [-0.3, -0.25) is 73.1 Å². The number of unbranched alkanes of at least 4 members (excludes halogenated alkanes) is 1. The zero-order valence-corrected chi connectivity index (χ0v) is 68.8. The molecule has 9 rings (SSSR count). The number of fused-ring (bicyclic) bond motifs is 1. The Balaban J connectivity index is 0.796. The standard InChI is InChI=1S/C82H113N21O18S/c83-80(84)89-37-11-22-54(94-72(112)57(96-70(110)52-21-10-35-87-52)44-51-31-29-48(30-32-51)20-9-36-88-69(109)53(33-34-67(107)108)92-65(105)28-8-7-27-64-68-60(47-122-64)99-82(121)100-68)76(116)103-41-15-26-63(103)78(118)102-40-13-24-61(102)74(114)91-45-66(106)93-56(42-49-16-3-1-4-17-49)71(111)98-59(46-104)77(117)101-39-14-25-62(101)75(115)97-58(43-50-18-5-2-6-19-50)73(113)95-55(79(119)120)23-12-38-90-81(85)86/h1-6,16-19,29-32,52-64,68,87,104H,7-8,10-15,21-28,33-47H2,(H,88,109)(H,91,114)(H,92,105)(H,93,106)(H,94,112)(H,95,113)(H,96,110)(H,97,115)(H,98,111)(H,107,108)(H,119,120)(H4,83,84,89)(H4,85,86,90)(H2,99,100,121)/t52-,53?,54-,55-,56-,57-,58-,59-,60-,61-,62-,63-,64-,68-/m0/s1. The number of rotatable bonds is 44. The van der Waals surface area contributed by atoms with Gasteiger partial charge in [-0.25, -0.2) is 9.59 Å². The van der Waals surface area contributed by atoms with Crippen LogP contribution in [0.15, 0.2) is 84.9 Å². The van der Waals surface area contributed by atoms with Crippen LogP contribution in [0.4, 0.5) is 4.79 Å². The van der Waals surface area contributed by atoms with Crippen molar-refractivity contribution in [1.82, 2.24) is 89.1 Å². The van der Waals surface area contributed by atoms with Gasteiger partial charge in [-0.2, -0.15) is 11.8 Å². The van der Waals surface area contributed by atoms with E-state index in [0.29, 0.717) is 73.7 Å². The fourth-order valence-corrected chi connectivity index (χ4v) is 17.3. The van der Waals surface area contributed by atoms with Gasteiger partial charge >= 0.3 is 18.0 Å². The molecule has 39 nitrogen and oxygen atoms in total. The van der Waals surface area contributed by atoms with Crippen LogP contribution in [0, 0.1) is 22.7 Å². The second-order valence-electron chi connectivity index (χ2n) is 31.1. The van der Waals surface area contributed by atoms with Gasteiger partial charge in [0.2, 0.25) is 70.9 Å². The third-order valence-electron chi connectivity index (χ3n) is 22.1. The lowest BCUT2D eigenvalue weighted by Gasteiger charge is -2.33. The summed E-state index contributed by atoms with van der Waals surface area (Å²) >= 11 is 1.77. The predicted molar refractivity (Wildman–Crippen MR) is 446 cm³/mol. The number of nitrogens with two attached hydrogens (primary N) is 2. The summed E-state index contributed by atoms with van der Waals surface area (Å²) in [6.07, 6.45) is 4.39. The first-order valence-corrected chi connectivity index (χ1v) is 42.5. The molecular formula is C82H113N21O18S. The van der Waals surface area contributed by atoms with Crippen molar-refractivity contribution in [3.8, 4) is 11.8 Å². The van der Waals surface area contributed by atoms with E-state index < -0.39 is 162 Å². The lowest BCUT2D eigenvalue weighted by atomic mass is 10.0. The smallest absolute Gasteiger partial charge is 0.326 e. The largest absolute Gasteiger partial charge is 0.481 e. The number of urea groups is 1. The summed E-state index contributed by atoms with van der Waals surface area (Å²) < 4.78 is 0. The Hall–Kier alpha value is -12.1. The number of hydrogen-bond donors (Lipinski definition) is 21. The van der Waals surface area contributed by atoms with Crippen LogP contribution in [0.2, 0.25) is 0 Å². The van der Waals surface area contributed by atoms with Crippen LogP contribution in [-0.4, -0.2) is 279 Å². The SMILES string of the molecule is N=C(N)NCCC[C@H](NC(=O)[C@H](Cc1ccccc1)NC(=O)[C@@H]1CCCN1C(=O)[C@H](CO)NC(=O)[C@H](Cc1ccccc1)NC(=O)CNC(=O)[C@@H]1CCCN1C(=O)[C@@H]1CCCN1C(=O)[C@H](CCCNC(=N)N)NC(=O)[C@H](Cc1ccc(C#CCNC(=O)C(CCC(=O)O)NC(=O)CCCC[C@@H]2SC[C@@H]3NC(=O)N[C@@H]32)cc1)NC(=O)[C@@H]1CCCN1)C(=O)O. The fraction of sp³-hybridized carbons (Fsp3) is 0.549. The number of hydrogen-bond acceptors (Lipinski definition) is 20. The van der Waals surface area contributed by atoms with Gasteiger partial charge < -0.3 is 116 Å². The van der Waals surface area contributed by atoms with Crippen molar-refractivity contribution in [3.63, 3.8) is 0 Å². The molecule has 0 saturated carbocycles. The van der Waals surface area contributed by atoms with Crippen LogP contribution in [0.1, 0.15) is 138 Å². The van der Waals surface area contributed by atoms with E-state index >= 15 is 4.79 Å². The Bertz CT molecular complexity index is 4290. The number of carbonyl (C=O) groups is 15. The van der Waals surface area contributed by atoms with Gasteiger partial charge in [-0.1, -0.05) is 91.1 Å². The first-order chi connectivity index (χ1) is 58.6. The lowest BCUT2D eigenvalue weighted by Crippen LogP contribution is -2.60. The molecule has 0 bridgehead atoms. The molecule has 40 heteroatoms. The molecule has 660 valence electrons. The maximum atomic E-state index is 15.0. The van der Waals surface area contributed by atoms with Gasteiger partial charge in [0, 0.05) is 81.4 Å². The molecule has 14 atom stereocenters. The quantitative estimate of drug-likeness (QED) is 0.00863. The first-order valence-electron chi connectivity index (χ1n) is 41.5. The summed E-state index contributed by atoms with van der Waals surface area (Å²) in [4.78, 5) is 209. The average Bonchev–Trinajstić information content (AvgIpc) is 1.66. The molecule has 6 heterocycles. The van der Waals surface area contributed by atoms with Crippen molar-refractivity contribution in [1.29, 1.82) is 10.8 Å². The number of nitrogens with one attached hydrogen (secondary N) is 16. The Morgan fingerprint density at radius 1 is 0.516 bits per heavy atom. The van der Waals surface area contributed by atoms with E-state index in [0.717, 1.165) is 17.1 Å². The van der Waals surface area contributed by atoms with Crippen LogP contribution in [0.25, 0.3) is 0 Å². The number of benzene rings is 3. The highest BCUT2D eigenvalue weighted by Gasteiger charge is 2.46. The summed E-state index contributed by atoms with van der Waals surface area (Å²) in [6.45, 7) is -0.766. The van der Waals surface area contributed by atoms with Gasteiger partial charge in [0.25, 0.3) is 0 Å². The number of likely N-dealkylation sites (tertiary alicyclic amines) is 3. The van der Waals surface area contributed by atoms with Gasteiger partial charge in [-0.15, -0.1) is 0 Å². The topological polar surface area (TPSA) is 595 Å². The number of thioether (sulfide) groups is 1. The number of nitrogens with zero attached hydrogens (tertiary/aromatic N) is 3. The Morgan fingerprint density at radius 3 is 1.63 bits per heavy atom. The van der Waals surface area contributed by atoms with E-state index in [2.05, 4.69) is 86.3 Å². The minimum Gasteiger partial charge on any atom is -0.481 e. The van der Waals surface area contributed by atoms with E-state index in [-0.39, 0.29) is 158 Å². The highest BCUT2D eigenvalue weighted by molar-refractivity contribution is 8.00. The fourth-order valence-electron chi connectivity index (χ4n) is 15.8. The first kappa shape index (κ1) is 93.7. The number of amides is 14. The van der Waals surface area contributed by atoms with Gasteiger partial charge in [0.15, 0.2) is 11.9 Å². The number of guanidine groups is 2. The van der Waals surface area contributed by atoms with E-state index in [4.69, 9.17) is 22.3 Å². The van der Waals surface area contributed by atoms with Crippen LogP contribution < -0.4 is 85.9 Å². The molecule has 0 aliphatic carbocycles. The predicted octanol–water partition coefficient (Wildman–Crippen LogP) is -3.39. The van der Waals surface area contributed by atoms with Gasteiger partial charge in [-0.05, 0) is 132 Å². The molecule has 3 aromatic rings. The molecule has 122 heavy (non-hydrogen) atoms. The van der Waals surface area contributed by atoms with Crippen LogP contribution in [0.5, 0.6) is 0 Å². The van der Waals surface area contributed by atoms with Crippen LogP contribution >= 0.6 is 11.8 Å². The molecule has 6 aliphatic rings. The second kappa shape index (κ2) is 47.2. The second-order valence-corrected chi connectivity index (χ2v) is 32.3. The summed E-state index contributed by atoms with van der Waals surface area (Å²) in [6, 6.07) is 10.2. The third kappa shape index (κ3) is 28.5. The van der Waals surface area contributed by atoms with E-state index in [1.807, 2.05) is 0 Å².